The molecule has 3 atom stereocenters. The van der Waals surface area contributed by atoms with Crippen LogP contribution in [-0.4, -0.2) is 52.8 Å². The van der Waals surface area contributed by atoms with Gasteiger partial charge in [-0.2, -0.15) is 0 Å². The monoisotopic (exact) mass is 379 g/mol. The van der Waals surface area contributed by atoms with Crippen molar-refractivity contribution in [3.63, 3.8) is 0 Å². The molecule has 0 radical (unpaired) electrons. The molecule has 2 heterocycles. The van der Waals surface area contributed by atoms with Crippen LogP contribution in [0.25, 0.3) is 0 Å². The second-order valence-electron chi connectivity index (χ2n) is 7.71. The van der Waals surface area contributed by atoms with Crippen molar-refractivity contribution in [1.82, 2.24) is 9.80 Å². The van der Waals surface area contributed by atoms with Gasteiger partial charge in [-0.25, -0.2) is 0 Å². The van der Waals surface area contributed by atoms with Gasteiger partial charge in [0.1, 0.15) is 5.54 Å². The van der Waals surface area contributed by atoms with Crippen LogP contribution in [0, 0.1) is 5.92 Å². The first-order valence-electron chi connectivity index (χ1n) is 9.35. The Morgan fingerprint density at radius 3 is 2.54 bits per heavy atom. The summed E-state index contributed by atoms with van der Waals surface area (Å²) in [5, 5.41) is 0. The zero-order valence-corrected chi connectivity index (χ0v) is 16.5. The second-order valence-corrected chi connectivity index (χ2v) is 7.71. The van der Waals surface area contributed by atoms with E-state index in [-0.39, 0.29) is 30.3 Å². The Morgan fingerprint density at radius 1 is 1.19 bits per heavy atom. The molecular weight excluding hydrogens is 350 g/mol. The molecule has 3 unspecified atom stereocenters. The summed E-state index contributed by atoms with van der Waals surface area (Å²) in [6.07, 6.45) is 3.65. The predicted octanol–water partition coefficient (Wildman–Crippen LogP) is 2.69. The van der Waals surface area contributed by atoms with E-state index in [0.717, 1.165) is 32.2 Å². The summed E-state index contributed by atoms with van der Waals surface area (Å²) in [6, 6.07) is 9.35. The zero-order valence-electron chi connectivity index (χ0n) is 15.7. The Morgan fingerprint density at radius 2 is 1.88 bits per heavy atom. The number of carbonyl (C=O) groups excluding carboxylic acids is 2. The van der Waals surface area contributed by atoms with Gasteiger partial charge in [0, 0.05) is 31.2 Å². The molecule has 26 heavy (non-hydrogen) atoms. The van der Waals surface area contributed by atoms with E-state index in [0.29, 0.717) is 24.6 Å². The molecule has 5 nitrogen and oxygen atoms in total. The highest BCUT2D eigenvalue weighted by Crippen LogP contribution is 2.34. The summed E-state index contributed by atoms with van der Waals surface area (Å²) in [4.78, 5) is 30.0. The van der Waals surface area contributed by atoms with Crippen LogP contribution in [0.1, 0.15) is 49.9 Å². The van der Waals surface area contributed by atoms with E-state index in [1.165, 1.54) is 0 Å². The average Bonchev–Trinajstić information content (AvgIpc) is 3.04. The maximum absolute atomic E-state index is 13.3. The quantitative estimate of drug-likeness (QED) is 0.877. The molecule has 2 N–H and O–H groups in total. The minimum absolute atomic E-state index is 0. The number of hydrogen-bond acceptors (Lipinski definition) is 3. The van der Waals surface area contributed by atoms with Crippen LogP contribution in [0.4, 0.5) is 0 Å². The number of rotatable bonds is 3. The lowest BCUT2D eigenvalue weighted by Gasteiger charge is -2.42. The van der Waals surface area contributed by atoms with Gasteiger partial charge >= 0.3 is 0 Å². The summed E-state index contributed by atoms with van der Waals surface area (Å²) < 4.78 is 0. The standard InChI is InChI=1S/C20H29N3O2.ClH/c1-15(21)17-10-6-12-22(14-17)19(25)20(2)11-7-13-23(20)18(24)16-8-4-3-5-9-16;/h3-5,8-9,15,17H,6-7,10-14,21H2,1-2H3;1H. The van der Waals surface area contributed by atoms with Crippen molar-refractivity contribution in [2.75, 3.05) is 19.6 Å². The predicted molar refractivity (Wildman–Crippen MR) is 105 cm³/mol. The molecule has 6 heteroatoms. The number of benzene rings is 1. The number of hydrogen-bond donors (Lipinski definition) is 1. The highest BCUT2D eigenvalue weighted by atomic mass is 35.5. The Labute approximate surface area is 162 Å². The van der Waals surface area contributed by atoms with Crippen molar-refractivity contribution in [2.45, 2.75) is 51.1 Å². The molecule has 2 saturated heterocycles. The van der Waals surface area contributed by atoms with Crippen LogP contribution >= 0.6 is 12.4 Å². The zero-order chi connectivity index (χ0) is 18.0. The summed E-state index contributed by atoms with van der Waals surface area (Å²) in [6.45, 7) is 6.06. The number of amides is 2. The van der Waals surface area contributed by atoms with Gasteiger partial charge in [-0.1, -0.05) is 18.2 Å². The third-order valence-electron chi connectivity index (χ3n) is 5.86. The van der Waals surface area contributed by atoms with Gasteiger partial charge in [0.05, 0.1) is 0 Å². The molecule has 0 bridgehead atoms. The lowest BCUT2D eigenvalue weighted by atomic mass is 9.89. The first-order valence-corrected chi connectivity index (χ1v) is 9.35. The molecular formula is C20H30ClN3O2. The molecule has 2 amide bonds. The first-order chi connectivity index (χ1) is 11.9. The molecule has 2 aliphatic rings. The van der Waals surface area contributed by atoms with Crippen molar-refractivity contribution in [2.24, 2.45) is 11.7 Å². The Kier molecular flexibility index (Phi) is 6.69. The number of halogens is 1. The maximum Gasteiger partial charge on any atom is 0.254 e. The molecule has 2 aliphatic heterocycles. The SMILES string of the molecule is CC(N)C1CCCN(C(=O)C2(C)CCCN2C(=O)c2ccccc2)C1.Cl. The fourth-order valence-corrected chi connectivity index (χ4v) is 4.21. The third-order valence-corrected chi connectivity index (χ3v) is 5.86. The van der Waals surface area contributed by atoms with Crippen molar-refractivity contribution >= 4 is 24.2 Å². The summed E-state index contributed by atoms with van der Waals surface area (Å²) >= 11 is 0. The van der Waals surface area contributed by atoms with E-state index in [4.69, 9.17) is 5.73 Å². The highest BCUT2D eigenvalue weighted by Gasteiger charge is 2.48. The van der Waals surface area contributed by atoms with Crippen LogP contribution in [0.3, 0.4) is 0 Å². The van der Waals surface area contributed by atoms with Crippen LogP contribution in [0.2, 0.25) is 0 Å². The number of carbonyl (C=O) groups is 2. The van der Waals surface area contributed by atoms with Crippen LogP contribution in [-0.2, 0) is 4.79 Å². The lowest BCUT2D eigenvalue weighted by Crippen LogP contribution is -2.58. The van der Waals surface area contributed by atoms with E-state index >= 15 is 0 Å². The molecule has 1 aromatic rings. The minimum Gasteiger partial charge on any atom is -0.340 e. The molecule has 144 valence electrons. The van der Waals surface area contributed by atoms with Gasteiger partial charge in [0.15, 0.2) is 0 Å². The molecule has 3 rings (SSSR count). The number of nitrogens with zero attached hydrogens (tertiary/aromatic N) is 2. The topological polar surface area (TPSA) is 66.6 Å². The van der Waals surface area contributed by atoms with Crippen molar-refractivity contribution < 1.29 is 9.59 Å². The lowest BCUT2D eigenvalue weighted by molar-refractivity contribution is -0.142. The van der Waals surface area contributed by atoms with Crippen molar-refractivity contribution in [3.05, 3.63) is 35.9 Å². The fraction of sp³-hybridized carbons (Fsp3) is 0.600. The normalized spacial score (nSPS) is 27.0. The van der Waals surface area contributed by atoms with Crippen LogP contribution in [0.5, 0.6) is 0 Å². The Balaban J connectivity index is 0.00000243. The van der Waals surface area contributed by atoms with E-state index in [9.17, 15) is 9.59 Å². The Hall–Kier alpha value is -1.59. The number of piperidine rings is 1. The van der Waals surface area contributed by atoms with Crippen LogP contribution < -0.4 is 5.73 Å². The second kappa shape index (κ2) is 8.40. The first kappa shape index (κ1) is 20.7. The summed E-state index contributed by atoms with van der Waals surface area (Å²) in [5.41, 5.74) is 5.97. The maximum atomic E-state index is 13.3. The number of likely N-dealkylation sites (tertiary alicyclic amines) is 2. The van der Waals surface area contributed by atoms with E-state index in [1.807, 2.05) is 49.1 Å². The largest absolute Gasteiger partial charge is 0.340 e. The van der Waals surface area contributed by atoms with Gasteiger partial charge in [-0.3, -0.25) is 9.59 Å². The molecule has 0 spiro atoms. The van der Waals surface area contributed by atoms with E-state index < -0.39 is 5.54 Å². The smallest absolute Gasteiger partial charge is 0.254 e. The van der Waals surface area contributed by atoms with E-state index in [2.05, 4.69) is 0 Å². The minimum atomic E-state index is -0.743. The molecule has 2 fully saturated rings. The molecule has 0 aliphatic carbocycles. The fourth-order valence-electron chi connectivity index (χ4n) is 4.21. The van der Waals surface area contributed by atoms with Crippen molar-refractivity contribution in [3.8, 4) is 0 Å². The Bertz CT molecular complexity index is 637. The third kappa shape index (κ3) is 3.89. The van der Waals surface area contributed by atoms with Gasteiger partial charge in [0.2, 0.25) is 5.91 Å². The van der Waals surface area contributed by atoms with Crippen LogP contribution in [0.15, 0.2) is 30.3 Å². The number of nitrogens with two attached hydrogens (primary N) is 1. The van der Waals surface area contributed by atoms with E-state index in [1.54, 1.807) is 4.90 Å². The van der Waals surface area contributed by atoms with Crippen molar-refractivity contribution in [1.29, 1.82) is 0 Å². The van der Waals surface area contributed by atoms with Gasteiger partial charge in [-0.15, -0.1) is 12.4 Å². The molecule has 0 saturated carbocycles. The average molecular weight is 380 g/mol. The highest BCUT2D eigenvalue weighted by molar-refractivity contribution is 5.99. The van der Waals surface area contributed by atoms with Gasteiger partial charge in [0.25, 0.3) is 5.91 Å². The van der Waals surface area contributed by atoms with Gasteiger partial charge in [-0.05, 0) is 57.6 Å². The van der Waals surface area contributed by atoms with Gasteiger partial charge < -0.3 is 15.5 Å². The summed E-state index contributed by atoms with van der Waals surface area (Å²) in [7, 11) is 0. The molecule has 0 aromatic heterocycles. The summed E-state index contributed by atoms with van der Waals surface area (Å²) in [5.74, 6) is 0.385. The molecule has 1 aromatic carbocycles.